The number of nitrogen functional groups attached to an aromatic ring is 1. The molecule has 2 heterocycles. The van der Waals surface area contributed by atoms with Crippen LogP contribution in [0.5, 0.6) is 0 Å². The number of amides is 1. The average Bonchev–Trinajstić information content (AvgIpc) is 2.78. The number of rotatable bonds is 6. The van der Waals surface area contributed by atoms with Gasteiger partial charge in [-0.2, -0.15) is 0 Å². The third kappa shape index (κ3) is 5.14. The van der Waals surface area contributed by atoms with Crippen LogP contribution in [0.3, 0.4) is 0 Å². The number of nitrogens with zero attached hydrogens (tertiary/aromatic N) is 3. The van der Waals surface area contributed by atoms with Gasteiger partial charge in [0.1, 0.15) is 18.2 Å². The first-order chi connectivity index (χ1) is 15.8. The molecule has 0 fully saturated rings. The van der Waals surface area contributed by atoms with Crippen molar-refractivity contribution in [3.8, 4) is 0 Å². The Bertz CT molecular complexity index is 1200. The average molecular weight is 446 g/mol. The van der Waals surface area contributed by atoms with E-state index in [1.807, 2.05) is 36.9 Å². The molecule has 1 aliphatic rings. The molecule has 1 aliphatic heterocycles. The van der Waals surface area contributed by atoms with Gasteiger partial charge in [-0.3, -0.25) is 4.79 Å². The molecule has 0 saturated heterocycles. The predicted octanol–water partition coefficient (Wildman–Crippen LogP) is 4.26. The molecule has 3 aromatic rings. The minimum atomic E-state index is 0.0208. The first-order valence-corrected chi connectivity index (χ1v) is 11.2. The molecule has 0 spiro atoms. The van der Waals surface area contributed by atoms with Crippen molar-refractivity contribution in [1.29, 1.82) is 0 Å². The quantitative estimate of drug-likeness (QED) is 0.551. The van der Waals surface area contributed by atoms with E-state index in [1.54, 1.807) is 7.11 Å². The third-order valence-electron chi connectivity index (χ3n) is 5.98. The topological polar surface area (TPSA) is 93.4 Å². The number of methoxy groups -OCH3 is 1. The summed E-state index contributed by atoms with van der Waals surface area (Å²) in [6.45, 7) is 7.46. The molecule has 33 heavy (non-hydrogen) atoms. The van der Waals surface area contributed by atoms with E-state index < -0.39 is 0 Å². The van der Waals surface area contributed by atoms with Crippen molar-refractivity contribution in [2.75, 3.05) is 37.9 Å². The molecule has 3 N–H and O–H groups in total. The van der Waals surface area contributed by atoms with Crippen molar-refractivity contribution in [3.63, 3.8) is 0 Å². The largest absolute Gasteiger partial charge is 0.399 e. The number of benzene rings is 2. The van der Waals surface area contributed by atoms with E-state index in [1.165, 1.54) is 5.57 Å². The van der Waals surface area contributed by atoms with E-state index >= 15 is 0 Å². The number of ether oxygens (including phenoxy) is 1. The van der Waals surface area contributed by atoms with Crippen molar-refractivity contribution in [1.82, 2.24) is 14.9 Å². The van der Waals surface area contributed by atoms with Gasteiger partial charge < -0.3 is 20.7 Å². The summed E-state index contributed by atoms with van der Waals surface area (Å²) < 4.78 is 4.98. The molecular weight excluding hydrogens is 414 g/mol. The fraction of sp³-hybridized carbons (Fsp3) is 0.346. The Morgan fingerprint density at radius 1 is 1.21 bits per heavy atom. The SMILES string of the molecule is COCC(=O)N1CC=C(c2ccc3nc(C)nc(N[C@@H](C)c4cc(C)cc(N)c4)c3c2)CC1. The number of hydrogen-bond donors (Lipinski definition) is 2. The molecule has 1 amide bonds. The highest BCUT2D eigenvalue weighted by atomic mass is 16.5. The van der Waals surface area contributed by atoms with Crippen LogP contribution < -0.4 is 11.1 Å². The normalized spacial score (nSPS) is 14.8. The highest BCUT2D eigenvalue weighted by molar-refractivity contribution is 5.92. The first kappa shape index (κ1) is 22.7. The molecular formula is C26H31N5O2. The van der Waals surface area contributed by atoms with Crippen LogP contribution in [0.25, 0.3) is 16.5 Å². The van der Waals surface area contributed by atoms with E-state index in [2.05, 4.69) is 41.5 Å². The van der Waals surface area contributed by atoms with Crippen molar-refractivity contribution in [2.45, 2.75) is 33.2 Å². The van der Waals surface area contributed by atoms with E-state index in [-0.39, 0.29) is 18.6 Å². The number of hydrogen-bond acceptors (Lipinski definition) is 6. The molecule has 0 saturated carbocycles. The van der Waals surface area contributed by atoms with Crippen molar-refractivity contribution in [3.05, 3.63) is 65.0 Å². The van der Waals surface area contributed by atoms with Crippen LogP contribution in [0.15, 0.2) is 42.5 Å². The molecule has 1 atom stereocenters. The van der Waals surface area contributed by atoms with E-state index in [0.29, 0.717) is 13.1 Å². The third-order valence-corrected chi connectivity index (χ3v) is 5.98. The summed E-state index contributed by atoms with van der Waals surface area (Å²) in [5.74, 6) is 1.55. The number of carbonyl (C=O) groups excluding carboxylic acids is 1. The van der Waals surface area contributed by atoms with Crippen LogP contribution >= 0.6 is 0 Å². The lowest BCUT2D eigenvalue weighted by atomic mass is 9.97. The first-order valence-electron chi connectivity index (χ1n) is 11.2. The van der Waals surface area contributed by atoms with Crippen molar-refractivity contribution >= 4 is 33.9 Å². The molecule has 7 nitrogen and oxygen atoms in total. The summed E-state index contributed by atoms with van der Waals surface area (Å²) in [4.78, 5) is 23.3. The fourth-order valence-corrected chi connectivity index (χ4v) is 4.31. The maximum atomic E-state index is 12.1. The number of carbonyl (C=O) groups is 1. The maximum Gasteiger partial charge on any atom is 0.248 e. The summed E-state index contributed by atoms with van der Waals surface area (Å²) >= 11 is 0. The summed E-state index contributed by atoms with van der Waals surface area (Å²) in [5.41, 5.74) is 12.3. The van der Waals surface area contributed by atoms with Gasteiger partial charge in [-0.15, -0.1) is 0 Å². The zero-order chi connectivity index (χ0) is 23.5. The number of nitrogens with two attached hydrogens (primary N) is 1. The van der Waals surface area contributed by atoms with Crippen LogP contribution in [-0.4, -0.2) is 47.6 Å². The van der Waals surface area contributed by atoms with Gasteiger partial charge in [-0.1, -0.05) is 18.2 Å². The van der Waals surface area contributed by atoms with E-state index in [0.717, 1.165) is 51.3 Å². The molecule has 0 unspecified atom stereocenters. The van der Waals surface area contributed by atoms with Gasteiger partial charge in [-0.25, -0.2) is 9.97 Å². The summed E-state index contributed by atoms with van der Waals surface area (Å²) in [6, 6.07) is 12.4. The van der Waals surface area contributed by atoms with Gasteiger partial charge >= 0.3 is 0 Å². The summed E-state index contributed by atoms with van der Waals surface area (Å²) in [5, 5.41) is 4.55. The number of anilines is 2. The molecule has 7 heteroatoms. The second-order valence-corrected chi connectivity index (χ2v) is 8.65. The van der Waals surface area contributed by atoms with Crippen molar-refractivity contribution in [2.24, 2.45) is 0 Å². The minimum absolute atomic E-state index is 0.0208. The smallest absolute Gasteiger partial charge is 0.248 e. The zero-order valence-corrected chi connectivity index (χ0v) is 19.7. The number of aromatic nitrogens is 2. The van der Waals surface area contributed by atoms with E-state index in [4.69, 9.17) is 15.5 Å². The summed E-state index contributed by atoms with van der Waals surface area (Å²) in [7, 11) is 1.54. The number of fused-ring (bicyclic) bond motifs is 1. The Morgan fingerprint density at radius 3 is 2.73 bits per heavy atom. The maximum absolute atomic E-state index is 12.1. The van der Waals surface area contributed by atoms with Gasteiger partial charge in [0, 0.05) is 31.3 Å². The standard InChI is InChI=1S/C26H31N5O2/c1-16-11-21(13-22(27)12-16)17(2)28-26-23-14-20(5-6-24(23)29-18(3)30-26)19-7-9-31(10-8-19)25(32)15-33-4/h5-7,11-14,17H,8-10,15,27H2,1-4H3,(H,28,29,30)/t17-/m0/s1. The van der Waals surface area contributed by atoms with Crippen LogP contribution in [0.4, 0.5) is 11.5 Å². The highest BCUT2D eigenvalue weighted by Crippen LogP contribution is 2.30. The molecule has 4 rings (SSSR count). The molecule has 0 radical (unpaired) electrons. The summed E-state index contributed by atoms with van der Waals surface area (Å²) in [6.07, 6.45) is 2.92. The lowest BCUT2D eigenvalue weighted by molar-refractivity contribution is -0.134. The number of nitrogens with one attached hydrogen (secondary N) is 1. The minimum Gasteiger partial charge on any atom is -0.399 e. The Balaban J connectivity index is 1.63. The van der Waals surface area contributed by atoms with Crippen LogP contribution in [0.1, 0.15) is 41.9 Å². The number of aryl methyl sites for hydroxylation is 2. The lowest BCUT2D eigenvalue weighted by Crippen LogP contribution is -2.36. The van der Waals surface area contributed by atoms with Crippen LogP contribution in [-0.2, 0) is 9.53 Å². The van der Waals surface area contributed by atoms with Crippen molar-refractivity contribution < 1.29 is 9.53 Å². The Kier molecular flexibility index (Phi) is 6.60. The van der Waals surface area contributed by atoms with Gasteiger partial charge in [0.15, 0.2) is 0 Å². The van der Waals surface area contributed by atoms with Gasteiger partial charge in [-0.05, 0) is 73.7 Å². The lowest BCUT2D eigenvalue weighted by Gasteiger charge is -2.26. The Morgan fingerprint density at radius 2 is 2.03 bits per heavy atom. The van der Waals surface area contributed by atoms with Crippen LogP contribution in [0.2, 0.25) is 0 Å². The Hall–Kier alpha value is -3.45. The fourth-order valence-electron chi connectivity index (χ4n) is 4.31. The molecule has 0 bridgehead atoms. The van der Waals surface area contributed by atoms with Gasteiger partial charge in [0.2, 0.25) is 5.91 Å². The second kappa shape index (κ2) is 9.58. The Labute approximate surface area is 194 Å². The zero-order valence-electron chi connectivity index (χ0n) is 19.7. The molecule has 0 aliphatic carbocycles. The van der Waals surface area contributed by atoms with Crippen LogP contribution in [0, 0.1) is 13.8 Å². The molecule has 1 aromatic heterocycles. The molecule has 2 aromatic carbocycles. The van der Waals surface area contributed by atoms with Gasteiger partial charge in [0.05, 0.1) is 11.6 Å². The monoisotopic (exact) mass is 445 g/mol. The highest BCUT2D eigenvalue weighted by Gasteiger charge is 2.19. The van der Waals surface area contributed by atoms with Gasteiger partial charge in [0.25, 0.3) is 0 Å². The molecule has 172 valence electrons. The van der Waals surface area contributed by atoms with E-state index in [9.17, 15) is 4.79 Å². The predicted molar refractivity (Wildman–Crippen MR) is 133 cm³/mol. The second-order valence-electron chi connectivity index (χ2n) is 8.65.